The van der Waals surface area contributed by atoms with E-state index in [-0.39, 0.29) is 5.25 Å². The second-order valence-corrected chi connectivity index (χ2v) is 8.02. The van der Waals surface area contributed by atoms with Crippen molar-refractivity contribution in [1.82, 2.24) is 9.55 Å². The standard InChI is InChI=1S/C17H12Cl4N2S/c18-12-2-4-16(15(21)8-12)24-17(9-23-6-5-22-10-23)11-1-3-13(19)14(20)7-11/h1-8,10,17H,9H2. The molecular formula is C17H12Cl4N2S. The SMILES string of the molecule is Clc1ccc(SC(Cn2ccnc2)c2ccc(Cl)c(Cl)c2)c(Cl)c1. The highest BCUT2D eigenvalue weighted by Gasteiger charge is 2.17. The molecule has 2 aromatic carbocycles. The first kappa shape index (κ1) is 18.0. The predicted octanol–water partition coefficient (Wildman–Crippen LogP) is 7.03. The molecule has 3 aromatic rings. The van der Waals surface area contributed by atoms with Crippen molar-refractivity contribution in [2.24, 2.45) is 0 Å². The van der Waals surface area contributed by atoms with E-state index >= 15 is 0 Å². The van der Waals surface area contributed by atoms with E-state index < -0.39 is 0 Å². The molecule has 7 heteroatoms. The van der Waals surface area contributed by atoms with Gasteiger partial charge in [0.1, 0.15) is 0 Å². The van der Waals surface area contributed by atoms with Crippen molar-refractivity contribution in [2.45, 2.75) is 16.7 Å². The number of imidazole rings is 1. The third kappa shape index (κ3) is 4.41. The zero-order valence-electron chi connectivity index (χ0n) is 12.3. The van der Waals surface area contributed by atoms with Crippen LogP contribution in [0.3, 0.4) is 0 Å². The van der Waals surface area contributed by atoms with Gasteiger partial charge >= 0.3 is 0 Å². The zero-order valence-corrected chi connectivity index (χ0v) is 16.1. The molecule has 0 amide bonds. The van der Waals surface area contributed by atoms with Crippen LogP contribution in [-0.4, -0.2) is 9.55 Å². The van der Waals surface area contributed by atoms with Crippen LogP contribution >= 0.6 is 58.2 Å². The maximum absolute atomic E-state index is 6.33. The summed E-state index contributed by atoms with van der Waals surface area (Å²) < 4.78 is 2.02. The number of halogens is 4. The van der Waals surface area contributed by atoms with E-state index in [0.717, 1.165) is 17.0 Å². The van der Waals surface area contributed by atoms with Crippen molar-refractivity contribution in [3.8, 4) is 0 Å². The minimum Gasteiger partial charge on any atom is -0.336 e. The fraction of sp³-hybridized carbons (Fsp3) is 0.118. The summed E-state index contributed by atoms with van der Waals surface area (Å²) in [5, 5.41) is 2.41. The molecule has 0 saturated carbocycles. The molecule has 0 aliphatic heterocycles. The Morgan fingerprint density at radius 1 is 0.958 bits per heavy atom. The van der Waals surface area contributed by atoms with Crippen LogP contribution in [0.5, 0.6) is 0 Å². The average Bonchev–Trinajstić information content (AvgIpc) is 3.05. The van der Waals surface area contributed by atoms with Crippen LogP contribution < -0.4 is 0 Å². The van der Waals surface area contributed by atoms with E-state index in [1.165, 1.54) is 0 Å². The summed E-state index contributed by atoms with van der Waals surface area (Å²) in [6, 6.07) is 11.2. The van der Waals surface area contributed by atoms with Gasteiger partial charge in [-0.15, -0.1) is 11.8 Å². The van der Waals surface area contributed by atoms with Crippen molar-refractivity contribution in [2.75, 3.05) is 0 Å². The molecule has 0 fully saturated rings. The molecule has 24 heavy (non-hydrogen) atoms. The first-order valence-corrected chi connectivity index (χ1v) is 9.44. The molecule has 0 saturated heterocycles. The second kappa shape index (κ2) is 8.03. The summed E-state index contributed by atoms with van der Waals surface area (Å²) in [7, 11) is 0. The van der Waals surface area contributed by atoms with E-state index in [0.29, 0.717) is 20.1 Å². The molecule has 3 rings (SSSR count). The third-order valence-electron chi connectivity index (χ3n) is 3.41. The largest absolute Gasteiger partial charge is 0.336 e. The van der Waals surface area contributed by atoms with Crippen LogP contribution in [0.25, 0.3) is 0 Å². The lowest BCUT2D eigenvalue weighted by Gasteiger charge is -2.19. The third-order valence-corrected chi connectivity index (χ3v) is 6.13. The molecule has 1 aromatic heterocycles. The van der Waals surface area contributed by atoms with Gasteiger partial charge in [-0.05, 0) is 35.9 Å². The van der Waals surface area contributed by atoms with Gasteiger partial charge in [-0.1, -0.05) is 52.5 Å². The van der Waals surface area contributed by atoms with Gasteiger partial charge in [-0.2, -0.15) is 0 Å². The number of benzene rings is 2. The van der Waals surface area contributed by atoms with Crippen LogP contribution in [0.1, 0.15) is 10.8 Å². The smallest absolute Gasteiger partial charge is 0.0946 e. The molecule has 1 unspecified atom stereocenters. The molecule has 0 radical (unpaired) electrons. The first-order valence-electron chi connectivity index (χ1n) is 7.05. The summed E-state index contributed by atoms with van der Waals surface area (Å²) in [5.41, 5.74) is 1.06. The molecule has 0 N–H and O–H groups in total. The Morgan fingerprint density at radius 2 is 1.79 bits per heavy atom. The minimum absolute atomic E-state index is 0.0904. The molecule has 124 valence electrons. The van der Waals surface area contributed by atoms with Crippen molar-refractivity contribution >= 4 is 58.2 Å². The van der Waals surface area contributed by atoms with E-state index in [1.807, 2.05) is 41.1 Å². The molecule has 0 spiro atoms. The van der Waals surface area contributed by atoms with Crippen LogP contribution in [-0.2, 0) is 6.54 Å². The van der Waals surface area contributed by atoms with Gasteiger partial charge in [0.25, 0.3) is 0 Å². The number of thioether (sulfide) groups is 1. The van der Waals surface area contributed by atoms with Gasteiger partial charge in [-0.3, -0.25) is 0 Å². The highest BCUT2D eigenvalue weighted by molar-refractivity contribution is 7.99. The van der Waals surface area contributed by atoms with Crippen molar-refractivity contribution in [3.05, 3.63) is 80.8 Å². The zero-order chi connectivity index (χ0) is 17.1. The molecule has 0 aliphatic rings. The lowest BCUT2D eigenvalue weighted by atomic mass is 10.1. The number of nitrogens with zero attached hydrogens (tertiary/aromatic N) is 2. The van der Waals surface area contributed by atoms with Crippen molar-refractivity contribution in [1.29, 1.82) is 0 Å². The van der Waals surface area contributed by atoms with Gasteiger partial charge in [0.15, 0.2) is 0 Å². The molecule has 1 heterocycles. The summed E-state index contributed by atoms with van der Waals surface area (Å²) in [4.78, 5) is 5.06. The monoisotopic (exact) mass is 416 g/mol. The van der Waals surface area contributed by atoms with Crippen LogP contribution in [0.4, 0.5) is 0 Å². The second-order valence-electron chi connectivity index (χ2n) is 5.11. The van der Waals surface area contributed by atoms with Gasteiger partial charge < -0.3 is 4.57 Å². The number of rotatable bonds is 5. The fourth-order valence-electron chi connectivity index (χ4n) is 2.23. The van der Waals surface area contributed by atoms with E-state index in [2.05, 4.69) is 4.98 Å². The lowest BCUT2D eigenvalue weighted by molar-refractivity contribution is 0.683. The number of hydrogen-bond donors (Lipinski definition) is 0. The van der Waals surface area contributed by atoms with Crippen molar-refractivity contribution in [3.63, 3.8) is 0 Å². The maximum atomic E-state index is 6.33. The Hall–Kier alpha value is -0.840. The average molecular weight is 418 g/mol. The highest BCUT2D eigenvalue weighted by Crippen LogP contribution is 2.41. The summed E-state index contributed by atoms with van der Waals surface area (Å²) >= 11 is 26.2. The van der Waals surface area contributed by atoms with Crippen LogP contribution in [0.15, 0.2) is 60.0 Å². The molecule has 1 atom stereocenters. The van der Waals surface area contributed by atoms with E-state index in [4.69, 9.17) is 46.4 Å². The Bertz CT molecular complexity index is 837. The van der Waals surface area contributed by atoms with Crippen LogP contribution in [0.2, 0.25) is 20.1 Å². The maximum Gasteiger partial charge on any atom is 0.0946 e. The normalized spacial score (nSPS) is 12.3. The topological polar surface area (TPSA) is 17.8 Å². The number of aromatic nitrogens is 2. The molecule has 0 bridgehead atoms. The first-order chi connectivity index (χ1) is 11.5. The van der Waals surface area contributed by atoms with Gasteiger partial charge in [0.05, 0.1) is 26.6 Å². The lowest BCUT2D eigenvalue weighted by Crippen LogP contribution is -2.05. The molecule has 0 aliphatic carbocycles. The minimum atomic E-state index is 0.0904. The molecule has 2 nitrogen and oxygen atoms in total. The van der Waals surface area contributed by atoms with Gasteiger partial charge in [0, 0.05) is 28.9 Å². The highest BCUT2D eigenvalue weighted by atomic mass is 35.5. The van der Waals surface area contributed by atoms with Crippen molar-refractivity contribution < 1.29 is 0 Å². The quantitative estimate of drug-likeness (QED) is 0.414. The van der Waals surface area contributed by atoms with Crippen LogP contribution in [0, 0.1) is 0 Å². The van der Waals surface area contributed by atoms with Gasteiger partial charge in [-0.25, -0.2) is 4.98 Å². The Morgan fingerprint density at radius 3 is 2.46 bits per heavy atom. The van der Waals surface area contributed by atoms with E-state index in [9.17, 15) is 0 Å². The molecular weight excluding hydrogens is 406 g/mol. The summed E-state index contributed by atoms with van der Waals surface area (Å²) in [5.74, 6) is 0. The number of hydrogen-bond acceptors (Lipinski definition) is 2. The Labute approximate surface area is 164 Å². The Balaban J connectivity index is 1.93. The summed E-state index contributed by atoms with van der Waals surface area (Å²) in [6.07, 6.45) is 5.47. The van der Waals surface area contributed by atoms with Gasteiger partial charge in [0.2, 0.25) is 0 Å². The Kier molecular flexibility index (Phi) is 6.01. The van der Waals surface area contributed by atoms with E-state index in [1.54, 1.807) is 30.4 Å². The fourth-order valence-corrected chi connectivity index (χ4v) is 4.24. The predicted molar refractivity (Wildman–Crippen MR) is 104 cm³/mol. The summed E-state index contributed by atoms with van der Waals surface area (Å²) in [6.45, 7) is 0.724.